The first kappa shape index (κ1) is 15.7. The van der Waals surface area contributed by atoms with Crippen molar-refractivity contribution >= 4 is 23.6 Å². The molecule has 2 N–H and O–H groups in total. The SMILES string of the molecule is CC(O)CC(C)(C)NC(=O)/C=C/c1cccc(Cl)c1. The number of amides is 1. The lowest BCUT2D eigenvalue weighted by atomic mass is 9.97. The molecule has 19 heavy (non-hydrogen) atoms. The number of nitrogens with one attached hydrogen (secondary N) is 1. The minimum atomic E-state index is -0.452. The second-order valence-electron chi connectivity index (χ2n) is 5.31. The number of carbonyl (C=O) groups is 1. The van der Waals surface area contributed by atoms with Gasteiger partial charge in [-0.2, -0.15) is 0 Å². The van der Waals surface area contributed by atoms with Crippen molar-refractivity contribution in [3.05, 3.63) is 40.9 Å². The van der Waals surface area contributed by atoms with E-state index in [-0.39, 0.29) is 5.91 Å². The molecular formula is C15H20ClNO2. The maximum atomic E-state index is 11.8. The maximum Gasteiger partial charge on any atom is 0.244 e. The summed E-state index contributed by atoms with van der Waals surface area (Å²) in [7, 11) is 0. The van der Waals surface area contributed by atoms with Gasteiger partial charge in [0.05, 0.1) is 6.10 Å². The molecule has 1 aromatic rings. The van der Waals surface area contributed by atoms with Crippen LogP contribution in [0.25, 0.3) is 6.08 Å². The fourth-order valence-electron chi connectivity index (χ4n) is 1.95. The molecular weight excluding hydrogens is 262 g/mol. The van der Waals surface area contributed by atoms with E-state index in [4.69, 9.17) is 11.6 Å². The molecule has 0 bridgehead atoms. The molecule has 1 rings (SSSR count). The zero-order valence-electron chi connectivity index (χ0n) is 11.5. The molecule has 0 aliphatic heterocycles. The molecule has 4 heteroatoms. The summed E-state index contributed by atoms with van der Waals surface area (Å²) in [5.74, 6) is -0.189. The van der Waals surface area contributed by atoms with E-state index < -0.39 is 11.6 Å². The fourth-order valence-corrected chi connectivity index (χ4v) is 2.15. The predicted octanol–water partition coefficient (Wildman–Crippen LogP) is 3.02. The number of benzene rings is 1. The molecule has 1 unspecified atom stereocenters. The quantitative estimate of drug-likeness (QED) is 0.815. The van der Waals surface area contributed by atoms with E-state index in [9.17, 15) is 9.90 Å². The number of rotatable bonds is 5. The van der Waals surface area contributed by atoms with Crippen molar-refractivity contribution in [2.24, 2.45) is 0 Å². The van der Waals surface area contributed by atoms with Crippen LogP contribution in [-0.4, -0.2) is 22.7 Å². The van der Waals surface area contributed by atoms with E-state index in [0.29, 0.717) is 11.4 Å². The van der Waals surface area contributed by atoms with Crippen molar-refractivity contribution in [3.63, 3.8) is 0 Å². The summed E-state index contributed by atoms with van der Waals surface area (Å²) in [5.41, 5.74) is 0.431. The number of halogens is 1. The molecule has 0 aliphatic carbocycles. The van der Waals surface area contributed by atoms with Crippen LogP contribution in [0.15, 0.2) is 30.3 Å². The van der Waals surface area contributed by atoms with Crippen LogP contribution < -0.4 is 5.32 Å². The maximum absolute atomic E-state index is 11.8. The first-order valence-electron chi connectivity index (χ1n) is 6.22. The van der Waals surface area contributed by atoms with E-state index in [2.05, 4.69) is 5.32 Å². The topological polar surface area (TPSA) is 49.3 Å². The van der Waals surface area contributed by atoms with Gasteiger partial charge in [-0.15, -0.1) is 0 Å². The van der Waals surface area contributed by atoms with Gasteiger partial charge in [-0.25, -0.2) is 0 Å². The summed E-state index contributed by atoms with van der Waals surface area (Å²) in [5, 5.41) is 12.8. The summed E-state index contributed by atoms with van der Waals surface area (Å²) in [6.45, 7) is 5.46. The minimum Gasteiger partial charge on any atom is -0.393 e. The number of hydrogen-bond acceptors (Lipinski definition) is 2. The Morgan fingerprint density at radius 1 is 1.53 bits per heavy atom. The standard InChI is InChI=1S/C15H20ClNO2/c1-11(18)10-15(2,3)17-14(19)8-7-12-5-4-6-13(16)9-12/h4-9,11,18H,10H2,1-3H3,(H,17,19)/b8-7+. The second kappa shape index (κ2) is 6.73. The average Bonchev–Trinajstić information content (AvgIpc) is 2.24. The van der Waals surface area contributed by atoms with Crippen molar-refractivity contribution in [2.75, 3.05) is 0 Å². The zero-order valence-corrected chi connectivity index (χ0v) is 12.2. The summed E-state index contributed by atoms with van der Waals surface area (Å²) >= 11 is 5.86. The van der Waals surface area contributed by atoms with Gasteiger partial charge in [-0.3, -0.25) is 4.79 Å². The Kier molecular flexibility index (Phi) is 5.58. The molecule has 3 nitrogen and oxygen atoms in total. The minimum absolute atomic E-state index is 0.189. The molecule has 0 saturated heterocycles. The Morgan fingerprint density at radius 3 is 2.79 bits per heavy atom. The van der Waals surface area contributed by atoms with Crippen molar-refractivity contribution in [1.82, 2.24) is 5.32 Å². The van der Waals surface area contributed by atoms with Crippen molar-refractivity contribution in [3.8, 4) is 0 Å². The Labute approximate surface area is 119 Å². The van der Waals surface area contributed by atoms with Gasteiger partial charge in [-0.1, -0.05) is 23.7 Å². The second-order valence-corrected chi connectivity index (χ2v) is 5.75. The van der Waals surface area contributed by atoms with E-state index in [1.54, 1.807) is 25.1 Å². The third kappa shape index (κ3) is 6.41. The van der Waals surface area contributed by atoms with Gasteiger partial charge < -0.3 is 10.4 Å². The average molecular weight is 282 g/mol. The normalized spacial score (nSPS) is 13.5. The molecule has 104 valence electrons. The fraction of sp³-hybridized carbons (Fsp3) is 0.400. The third-order valence-corrected chi connectivity index (χ3v) is 2.78. The molecule has 0 aromatic heterocycles. The van der Waals surface area contributed by atoms with Crippen molar-refractivity contribution in [2.45, 2.75) is 38.8 Å². The summed E-state index contributed by atoms with van der Waals surface area (Å²) < 4.78 is 0. The molecule has 0 heterocycles. The van der Waals surface area contributed by atoms with Gasteiger partial charge >= 0.3 is 0 Å². The summed E-state index contributed by atoms with van der Waals surface area (Å²) in [6, 6.07) is 7.27. The van der Waals surface area contributed by atoms with Crippen molar-refractivity contribution in [1.29, 1.82) is 0 Å². The molecule has 1 amide bonds. The summed E-state index contributed by atoms with van der Waals surface area (Å²) in [6.07, 6.45) is 3.23. The van der Waals surface area contributed by atoms with Crippen LogP contribution in [0.2, 0.25) is 5.02 Å². The molecule has 0 saturated carbocycles. The first-order chi connectivity index (χ1) is 8.78. The molecule has 0 fully saturated rings. The van der Waals surface area contributed by atoms with E-state index in [1.165, 1.54) is 6.08 Å². The number of hydrogen-bond donors (Lipinski definition) is 2. The number of carbonyl (C=O) groups excluding carboxylic acids is 1. The Morgan fingerprint density at radius 2 is 2.21 bits per heavy atom. The molecule has 1 atom stereocenters. The Hall–Kier alpha value is -1.32. The molecule has 0 aliphatic rings. The van der Waals surface area contributed by atoms with Crippen LogP contribution in [0.1, 0.15) is 32.8 Å². The van der Waals surface area contributed by atoms with Crippen LogP contribution >= 0.6 is 11.6 Å². The molecule has 0 spiro atoms. The lowest BCUT2D eigenvalue weighted by Crippen LogP contribution is -2.44. The van der Waals surface area contributed by atoms with Crippen molar-refractivity contribution < 1.29 is 9.90 Å². The number of aliphatic hydroxyl groups excluding tert-OH is 1. The Bertz CT molecular complexity index is 467. The highest BCUT2D eigenvalue weighted by Gasteiger charge is 2.21. The van der Waals surface area contributed by atoms with Gasteiger partial charge in [0, 0.05) is 16.6 Å². The van der Waals surface area contributed by atoms with Gasteiger partial charge in [-0.05, 0) is 51.0 Å². The van der Waals surface area contributed by atoms with Crippen LogP contribution in [0.3, 0.4) is 0 Å². The third-order valence-electron chi connectivity index (χ3n) is 2.54. The van der Waals surface area contributed by atoms with Gasteiger partial charge in [0.25, 0.3) is 0 Å². The van der Waals surface area contributed by atoms with E-state index >= 15 is 0 Å². The molecule has 0 radical (unpaired) electrons. The zero-order chi connectivity index (χ0) is 14.5. The van der Waals surface area contributed by atoms with E-state index in [0.717, 1.165) is 5.56 Å². The van der Waals surface area contributed by atoms with Crippen LogP contribution in [-0.2, 0) is 4.79 Å². The highest BCUT2D eigenvalue weighted by atomic mass is 35.5. The van der Waals surface area contributed by atoms with Gasteiger partial charge in [0.1, 0.15) is 0 Å². The summed E-state index contributed by atoms with van der Waals surface area (Å²) in [4.78, 5) is 11.8. The predicted molar refractivity (Wildman–Crippen MR) is 79.0 cm³/mol. The lowest BCUT2D eigenvalue weighted by molar-refractivity contribution is -0.118. The lowest BCUT2D eigenvalue weighted by Gasteiger charge is -2.26. The van der Waals surface area contributed by atoms with E-state index in [1.807, 2.05) is 26.0 Å². The monoisotopic (exact) mass is 281 g/mol. The van der Waals surface area contributed by atoms with Crippen LogP contribution in [0, 0.1) is 0 Å². The van der Waals surface area contributed by atoms with Gasteiger partial charge in [0.15, 0.2) is 0 Å². The highest BCUT2D eigenvalue weighted by Crippen LogP contribution is 2.13. The van der Waals surface area contributed by atoms with Gasteiger partial charge in [0.2, 0.25) is 5.91 Å². The highest BCUT2D eigenvalue weighted by molar-refractivity contribution is 6.30. The van der Waals surface area contributed by atoms with Crippen LogP contribution in [0.4, 0.5) is 0 Å². The smallest absolute Gasteiger partial charge is 0.244 e. The number of aliphatic hydroxyl groups is 1. The molecule has 1 aromatic carbocycles. The largest absolute Gasteiger partial charge is 0.393 e. The van der Waals surface area contributed by atoms with Crippen LogP contribution in [0.5, 0.6) is 0 Å². The Balaban J connectivity index is 2.60. The first-order valence-corrected chi connectivity index (χ1v) is 6.60.